The first-order valence-electron chi connectivity index (χ1n) is 7.20. The molecule has 1 nitrogen and oxygen atoms in total. The third-order valence-corrected chi connectivity index (χ3v) is 5.02. The summed E-state index contributed by atoms with van der Waals surface area (Å²) in [6.45, 7) is 3.92. The number of nitrogens with one attached hydrogen (secondary N) is 1. The van der Waals surface area contributed by atoms with E-state index in [1.165, 1.54) is 17.7 Å². The maximum atomic E-state index is 13.7. The average molecular weight is 289 g/mol. The lowest BCUT2D eigenvalue weighted by Gasteiger charge is -2.23. The maximum absolute atomic E-state index is 13.7. The fourth-order valence-corrected chi connectivity index (χ4v) is 3.47. The molecular formula is C17H20FNS. The van der Waals surface area contributed by atoms with Gasteiger partial charge < -0.3 is 5.32 Å². The molecule has 20 heavy (non-hydrogen) atoms. The zero-order chi connectivity index (χ0) is 14.1. The van der Waals surface area contributed by atoms with Crippen LogP contribution in [0, 0.1) is 18.7 Å². The molecule has 0 bridgehead atoms. The van der Waals surface area contributed by atoms with Gasteiger partial charge >= 0.3 is 0 Å². The van der Waals surface area contributed by atoms with Crippen LogP contribution in [-0.4, -0.2) is 0 Å². The summed E-state index contributed by atoms with van der Waals surface area (Å²) < 4.78 is 13.7. The smallest absolute Gasteiger partial charge is 0.126 e. The van der Waals surface area contributed by atoms with Crippen LogP contribution >= 0.6 is 11.3 Å². The Morgan fingerprint density at radius 2 is 2.10 bits per heavy atom. The molecule has 1 saturated carbocycles. The second-order valence-corrected chi connectivity index (χ2v) is 6.71. The van der Waals surface area contributed by atoms with Crippen molar-refractivity contribution in [3.63, 3.8) is 0 Å². The fraction of sp³-hybridized carbons (Fsp3) is 0.412. The lowest BCUT2D eigenvalue weighted by atomic mass is 10.0. The molecule has 0 spiro atoms. The van der Waals surface area contributed by atoms with Crippen LogP contribution in [-0.2, 0) is 0 Å². The zero-order valence-corrected chi connectivity index (χ0v) is 12.7. The first-order valence-corrected chi connectivity index (χ1v) is 8.08. The molecule has 3 heteroatoms. The van der Waals surface area contributed by atoms with E-state index >= 15 is 0 Å². The maximum Gasteiger partial charge on any atom is 0.126 e. The first-order chi connectivity index (χ1) is 9.65. The number of aryl methyl sites for hydroxylation is 1. The van der Waals surface area contributed by atoms with E-state index in [4.69, 9.17) is 0 Å². The molecule has 2 unspecified atom stereocenters. The van der Waals surface area contributed by atoms with Crippen molar-refractivity contribution < 1.29 is 4.39 Å². The molecule has 0 amide bonds. The fourth-order valence-electron chi connectivity index (χ4n) is 2.59. The van der Waals surface area contributed by atoms with E-state index in [-0.39, 0.29) is 11.9 Å². The molecule has 1 aliphatic rings. The Morgan fingerprint density at radius 1 is 1.30 bits per heavy atom. The van der Waals surface area contributed by atoms with Gasteiger partial charge in [-0.2, -0.15) is 0 Å². The summed E-state index contributed by atoms with van der Waals surface area (Å²) in [5.41, 5.74) is 1.73. The molecule has 3 rings (SSSR count). The zero-order valence-electron chi connectivity index (χ0n) is 11.9. The van der Waals surface area contributed by atoms with E-state index in [1.54, 1.807) is 24.3 Å². The summed E-state index contributed by atoms with van der Waals surface area (Å²) in [5.74, 6) is 0.627. The van der Waals surface area contributed by atoms with Crippen molar-refractivity contribution in [2.45, 2.75) is 38.8 Å². The van der Waals surface area contributed by atoms with E-state index < -0.39 is 0 Å². The van der Waals surface area contributed by atoms with Gasteiger partial charge in [-0.25, -0.2) is 4.39 Å². The molecule has 0 aliphatic heterocycles. The minimum absolute atomic E-state index is 0.116. The highest BCUT2D eigenvalue weighted by molar-refractivity contribution is 7.10. The van der Waals surface area contributed by atoms with Gasteiger partial charge in [0, 0.05) is 17.0 Å². The summed E-state index contributed by atoms with van der Waals surface area (Å²) in [7, 11) is 0. The Morgan fingerprint density at radius 3 is 2.70 bits per heavy atom. The molecule has 1 aliphatic carbocycles. The van der Waals surface area contributed by atoms with Crippen LogP contribution in [0.1, 0.15) is 47.9 Å². The Labute approximate surface area is 123 Å². The molecule has 1 N–H and O–H groups in total. The number of hydrogen-bond donors (Lipinski definition) is 1. The van der Waals surface area contributed by atoms with Crippen molar-refractivity contribution in [2.75, 3.05) is 0 Å². The lowest BCUT2D eigenvalue weighted by molar-refractivity contribution is 0.431. The first kappa shape index (κ1) is 13.8. The third kappa shape index (κ3) is 2.94. The van der Waals surface area contributed by atoms with Crippen molar-refractivity contribution in [1.82, 2.24) is 5.32 Å². The van der Waals surface area contributed by atoms with Crippen molar-refractivity contribution in [3.8, 4) is 0 Å². The average Bonchev–Trinajstić information content (AvgIpc) is 3.13. The summed E-state index contributed by atoms with van der Waals surface area (Å²) in [4.78, 5) is 1.40. The lowest BCUT2D eigenvalue weighted by Crippen LogP contribution is -2.25. The van der Waals surface area contributed by atoms with Crippen LogP contribution in [0.2, 0.25) is 0 Å². The van der Waals surface area contributed by atoms with E-state index in [2.05, 4.69) is 29.8 Å². The number of halogens is 1. The second-order valence-electron chi connectivity index (χ2n) is 5.73. The highest BCUT2D eigenvalue weighted by Crippen LogP contribution is 2.43. The number of rotatable bonds is 5. The van der Waals surface area contributed by atoms with Gasteiger partial charge in [-0.15, -0.1) is 11.3 Å². The van der Waals surface area contributed by atoms with Gasteiger partial charge in [0.1, 0.15) is 5.82 Å². The van der Waals surface area contributed by atoms with Gasteiger partial charge in [-0.05, 0) is 61.2 Å². The Bertz CT molecular complexity index is 575. The molecule has 2 aromatic rings. The van der Waals surface area contributed by atoms with E-state index in [0.717, 1.165) is 11.5 Å². The SMILES string of the molecule is Cc1ccc(C(C)NC(c2cccs2)C2CC2)cc1F. The summed E-state index contributed by atoms with van der Waals surface area (Å²) in [5, 5.41) is 5.82. The van der Waals surface area contributed by atoms with E-state index in [9.17, 15) is 4.39 Å². The van der Waals surface area contributed by atoms with Gasteiger partial charge in [0.15, 0.2) is 0 Å². The highest BCUT2D eigenvalue weighted by Gasteiger charge is 2.33. The van der Waals surface area contributed by atoms with Gasteiger partial charge in [-0.1, -0.05) is 18.2 Å². The molecule has 1 heterocycles. The van der Waals surface area contributed by atoms with Gasteiger partial charge in [0.2, 0.25) is 0 Å². The summed E-state index contributed by atoms with van der Waals surface area (Å²) in [6, 6.07) is 10.4. The van der Waals surface area contributed by atoms with Crippen LogP contribution < -0.4 is 5.32 Å². The number of benzene rings is 1. The van der Waals surface area contributed by atoms with Crippen LogP contribution in [0.4, 0.5) is 4.39 Å². The van der Waals surface area contributed by atoms with E-state index in [1.807, 2.05) is 12.1 Å². The number of hydrogen-bond acceptors (Lipinski definition) is 2. The normalized spacial score (nSPS) is 17.9. The predicted octanol–water partition coefficient (Wildman–Crippen LogP) is 5.00. The minimum atomic E-state index is -0.116. The largest absolute Gasteiger partial charge is 0.302 e. The molecule has 0 radical (unpaired) electrons. The molecule has 1 fully saturated rings. The molecule has 0 saturated heterocycles. The van der Waals surface area contributed by atoms with Crippen LogP contribution in [0.15, 0.2) is 35.7 Å². The van der Waals surface area contributed by atoms with Crippen LogP contribution in [0.3, 0.4) is 0 Å². The quantitative estimate of drug-likeness (QED) is 0.817. The Kier molecular flexibility index (Phi) is 3.90. The molecule has 1 aromatic heterocycles. The van der Waals surface area contributed by atoms with Gasteiger partial charge in [-0.3, -0.25) is 0 Å². The molecule has 2 atom stereocenters. The minimum Gasteiger partial charge on any atom is -0.302 e. The summed E-state index contributed by atoms with van der Waals surface area (Å²) >= 11 is 1.81. The molecular weight excluding hydrogens is 269 g/mol. The van der Waals surface area contributed by atoms with Crippen molar-refractivity contribution >= 4 is 11.3 Å². The summed E-state index contributed by atoms with van der Waals surface area (Å²) in [6.07, 6.45) is 2.59. The monoisotopic (exact) mass is 289 g/mol. The third-order valence-electron chi connectivity index (χ3n) is 4.07. The molecule has 106 valence electrons. The Hall–Kier alpha value is -1.19. The highest BCUT2D eigenvalue weighted by atomic mass is 32.1. The van der Waals surface area contributed by atoms with E-state index in [0.29, 0.717) is 11.6 Å². The standard InChI is InChI=1S/C17H20FNS/c1-11-5-6-14(10-15(11)18)12(2)19-17(13-7-8-13)16-4-3-9-20-16/h3-6,9-10,12-13,17,19H,7-8H2,1-2H3. The van der Waals surface area contributed by atoms with Gasteiger partial charge in [0.25, 0.3) is 0 Å². The van der Waals surface area contributed by atoms with Gasteiger partial charge in [0.05, 0.1) is 0 Å². The second kappa shape index (κ2) is 5.66. The Balaban J connectivity index is 1.76. The number of thiophene rings is 1. The van der Waals surface area contributed by atoms with Crippen LogP contribution in [0.25, 0.3) is 0 Å². The van der Waals surface area contributed by atoms with Crippen molar-refractivity contribution in [3.05, 3.63) is 57.5 Å². The van der Waals surface area contributed by atoms with Crippen molar-refractivity contribution in [2.24, 2.45) is 5.92 Å². The van der Waals surface area contributed by atoms with Crippen LogP contribution in [0.5, 0.6) is 0 Å². The predicted molar refractivity (Wildman–Crippen MR) is 82.5 cm³/mol. The van der Waals surface area contributed by atoms with Crippen molar-refractivity contribution in [1.29, 1.82) is 0 Å². The topological polar surface area (TPSA) is 12.0 Å². The molecule has 1 aromatic carbocycles.